The summed E-state index contributed by atoms with van der Waals surface area (Å²) in [5.74, 6) is 0.375. The predicted molar refractivity (Wildman–Crippen MR) is 48.4 cm³/mol. The lowest BCUT2D eigenvalue weighted by Gasteiger charge is -1.70. The molecule has 0 aliphatic heterocycles. The average molecular weight is 186 g/mol. The molecule has 0 fully saturated rings. The van der Waals surface area contributed by atoms with Crippen molar-refractivity contribution in [1.29, 1.82) is 0 Å². The summed E-state index contributed by atoms with van der Waals surface area (Å²) >= 11 is 3.46. The zero-order valence-corrected chi connectivity index (χ0v) is 7.58. The largest absolute Gasteiger partial charge is 0.462 e. The molecule has 0 amide bonds. The molecule has 0 saturated carbocycles. The molecule has 0 spiro atoms. The Hall–Kier alpha value is -1.03. The molecule has 0 atom stereocenters. The van der Waals surface area contributed by atoms with Crippen molar-refractivity contribution in [2.75, 3.05) is 0 Å². The van der Waals surface area contributed by atoms with Crippen LogP contribution >= 0.6 is 12.6 Å². The Labute approximate surface area is 76.2 Å². The number of carbonyl (C=O) groups excluding carboxylic acids is 2. The van der Waals surface area contributed by atoms with Gasteiger partial charge in [-0.1, -0.05) is 6.92 Å². The van der Waals surface area contributed by atoms with Crippen molar-refractivity contribution >= 4 is 24.0 Å². The smallest absolute Gasteiger partial charge is 0.185 e. The van der Waals surface area contributed by atoms with Gasteiger partial charge in [0.05, 0.1) is 6.26 Å². The van der Waals surface area contributed by atoms with Crippen LogP contribution in [0.5, 0.6) is 0 Å². The summed E-state index contributed by atoms with van der Waals surface area (Å²) in [6, 6.07) is 3.27. The Bertz CT molecular complexity index is 228. The lowest BCUT2D eigenvalue weighted by molar-refractivity contribution is -0.110. The zero-order valence-electron chi connectivity index (χ0n) is 6.69. The first-order valence-electron chi connectivity index (χ1n) is 3.41. The lowest BCUT2D eigenvalue weighted by atomic mass is 10.5. The van der Waals surface area contributed by atoms with E-state index in [1.807, 2.05) is 0 Å². The van der Waals surface area contributed by atoms with Gasteiger partial charge in [0.2, 0.25) is 0 Å². The van der Waals surface area contributed by atoms with E-state index >= 15 is 0 Å². The Balaban J connectivity index is 0.000000217. The molecule has 1 aromatic heterocycles. The van der Waals surface area contributed by atoms with Gasteiger partial charge in [0, 0.05) is 6.42 Å². The van der Waals surface area contributed by atoms with Crippen LogP contribution < -0.4 is 0 Å². The van der Waals surface area contributed by atoms with E-state index in [0.29, 0.717) is 18.5 Å². The second-order valence-electron chi connectivity index (χ2n) is 1.88. The molecule has 66 valence electrons. The maximum atomic E-state index is 9.77. The van der Waals surface area contributed by atoms with Crippen molar-refractivity contribution in [2.24, 2.45) is 0 Å². The van der Waals surface area contributed by atoms with E-state index < -0.39 is 0 Å². The number of hydrogen-bond acceptors (Lipinski definition) is 3. The van der Waals surface area contributed by atoms with Gasteiger partial charge in [-0.25, -0.2) is 0 Å². The van der Waals surface area contributed by atoms with Crippen molar-refractivity contribution in [3.05, 3.63) is 24.2 Å². The topological polar surface area (TPSA) is 47.3 Å². The van der Waals surface area contributed by atoms with Crippen molar-refractivity contribution in [3.63, 3.8) is 0 Å². The van der Waals surface area contributed by atoms with Crippen LogP contribution in [-0.2, 0) is 4.79 Å². The third kappa shape index (κ3) is 5.73. The van der Waals surface area contributed by atoms with E-state index in [9.17, 15) is 9.59 Å². The minimum atomic E-state index is -0.0509. The zero-order chi connectivity index (χ0) is 9.40. The van der Waals surface area contributed by atoms with Gasteiger partial charge < -0.3 is 4.42 Å². The molecule has 1 rings (SSSR count). The van der Waals surface area contributed by atoms with Gasteiger partial charge in [0.15, 0.2) is 17.2 Å². The van der Waals surface area contributed by atoms with Gasteiger partial charge in [0.1, 0.15) is 0 Å². The molecule has 1 heterocycles. The molecule has 12 heavy (non-hydrogen) atoms. The van der Waals surface area contributed by atoms with Gasteiger partial charge in [-0.05, 0) is 12.1 Å². The number of hydrogen-bond donors (Lipinski definition) is 1. The van der Waals surface area contributed by atoms with E-state index in [1.54, 1.807) is 19.1 Å². The van der Waals surface area contributed by atoms with Gasteiger partial charge in [-0.2, -0.15) is 0 Å². The molecular weight excluding hydrogens is 176 g/mol. The second-order valence-corrected chi connectivity index (χ2v) is 2.38. The monoisotopic (exact) mass is 186 g/mol. The average Bonchev–Trinajstić information content (AvgIpc) is 2.57. The van der Waals surface area contributed by atoms with Gasteiger partial charge in [-0.15, -0.1) is 12.6 Å². The molecule has 1 aromatic rings. The fraction of sp³-hybridized carbons (Fsp3) is 0.250. The lowest BCUT2D eigenvalue weighted by Crippen LogP contribution is -1.74. The first kappa shape index (κ1) is 11.0. The van der Waals surface area contributed by atoms with Gasteiger partial charge in [0.25, 0.3) is 0 Å². The molecule has 0 aromatic carbocycles. The molecule has 4 heteroatoms. The van der Waals surface area contributed by atoms with E-state index in [2.05, 4.69) is 17.0 Å². The van der Waals surface area contributed by atoms with Crippen LogP contribution in [0.1, 0.15) is 23.9 Å². The predicted octanol–water partition coefficient (Wildman–Crippen LogP) is 1.94. The number of aldehydes is 1. The standard InChI is InChI=1S/C5H4O2.C3H6OS/c6-4-5-2-1-3-7-5;1-2-3(4)5/h1-4H;2H2,1H3,(H,4,5). The molecule has 0 bridgehead atoms. The van der Waals surface area contributed by atoms with E-state index in [1.165, 1.54) is 6.26 Å². The number of thiol groups is 1. The number of rotatable bonds is 2. The maximum Gasteiger partial charge on any atom is 0.185 e. The van der Waals surface area contributed by atoms with Crippen LogP contribution in [-0.4, -0.2) is 11.4 Å². The fourth-order valence-electron chi connectivity index (χ4n) is 0.358. The van der Waals surface area contributed by atoms with Crippen LogP contribution in [0.2, 0.25) is 0 Å². The van der Waals surface area contributed by atoms with Crippen LogP contribution in [0.25, 0.3) is 0 Å². The molecule has 0 unspecified atom stereocenters. The highest BCUT2D eigenvalue weighted by Crippen LogP contribution is 1.92. The van der Waals surface area contributed by atoms with Crippen LogP contribution in [0.15, 0.2) is 22.8 Å². The summed E-state index contributed by atoms with van der Waals surface area (Å²) in [5, 5.41) is -0.0509. The van der Waals surface area contributed by atoms with Gasteiger partial charge >= 0.3 is 0 Å². The summed E-state index contributed by atoms with van der Waals surface area (Å²) in [5.41, 5.74) is 0. The molecule has 0 saturated heterocycles. The SMILES string of the molecule is CCC(=O)S.O=Cc1ccco1. The van der Waals surface area contributed by atoms with Crippen LogP contribution in [0.4, 0.5) is 0 Å². The number of furan rings is 1. The van der Waals surface area contributed by atoms with Crippen molar-refractivity contribution in [2.45, 2.75) is 13.3 Å². The second kappa shape index (κ2) is 6.67. The Morgan fingerprint density at radius 1 is 1.75 bits per heavy atom. The van der Waals surface area contributed by atoms with Crippen molar-refractivity contribution in [3.8, 4) is 0 Å². The summed E-state index contributed by atoms with van der Waals surface area (Å²) in [4.78, 5) is 19.5. The molecular formula is C8H10O3S. The third-order valence-electron chi connectivity index (χ3n) is 0.962. The summed E-state index contributed by atoms with van der Waals surface area (Å²) in [7, 11) is 0. The Morgan fingerprint density at radius 2 is 2.33 bits per heavy atom. The van der Waals surface area contributed by atoms with E-state index in [4.69, 9.17) is 0 Å². The third-order valence-corrected chi connectivity index (χ3v) is 1.28. The Morgan fingerprint density at radius 3 is 2.50 bits per heavy atom. The highest BCUT2D eigenvalue weighted by molar-refractivity contribution is 7.96. The van der Waals surface area contributed by atoms with E-state index in [-0.39, 0.29) is 5.12 Å². The first-order chi connectivity index (χ1) is 5.70. The minimum Gasteiger partial charge on any atom is -0.462 e. The fourth-order valence-corrected chi connectivity index (χ4v) is 0.358. The first-order valence-corrected chi connectivity index (χ1v) is 3.86. The van der Waals surface area contributed by atoms with Gasteiger partial charge in [-0.3, -0.25) is 9.59 Å². The molecule has 0 aliphatic rings. The highest BCUT2D eigenvalue weighted by Gasteiger charge is 1.84. The van der Waals surface area contributed by atoms with Crippen molar-refractivity contribution in [1.82, 2.24) is 0 Å². The van der Waals surface area contributed by atoms with Crippen LogP contribution in [0, 0.1) is 0 Å². The molecule has 0 N–H and O–H groups in total. The summed E-state index contributed by atoms with van der Waals surface area (Å²) < 4.78 is 4.61. The van der Waals surface area contributed by atoms with Crippen LogP contribution in [0.3, 0.4) is 0 Å². The molecule has 3 nitrogen and oxygen atoms in total. The van der Waals surface area contributed by atoms with Crippen molar-refractivity contribution < 1.29 is 14.0 Å². The van der Waals surface area contributed by atoms with E-state index in [0.717, 1.165) is 0 Å². The Kier molecular flexibility index (Phi) is 6.09. The quantitative estimate of drug-likeness (QED) is 0.567. The molecule has 0 aliphatic carbocycles. The maximum absolute atomic E-state index is 9.77. The highest BCUT2D eigenvalue weighted by atomic mass is 32.1. The summed E-state index contributed by atoms with van der Waals surface area (Å²) in [6.07, 6.45) is 2.66. The normalized spacial score (nSPS) is 8.17. The minimum absolute atomic E-state index is 0.0509. The molecule has 0 radical (unpaired) electrons. The number of carbonyl (C=O) groups is 2. The summed E-state index contributed by atoms with van der Waals surface area (Å²) in [6.45, 7) is 1.77.